The Morgan fingerprint density at radius 3 is 2.52 bits per heavy atom. The van der Waals surface area contributed by atoms with Crippen LogP contribution in [0.15, 0.2) is 81.4 Å². The van der Waals surface area contributed by atoms with E-state index in [1.165, 1.54) is 29.2 Å². The van der Waals surface area contributed by atoms with Crippen LogP contribution in [0.1, 0.15) is 29.5 Å². The Bertz CT molecular complexity index is 1710. The molecule has 0 spiro atoms. The number of amides is 2. The molecule has 232 valence electrons. The number of likely N-dealkylation sites (tertiary alicyclic amines) is 1. The number of carbonyl (C=O) groups is 2. The number of alkyl halides is 3. The standard InChI is InChI=1S/C31H29F3N2O6S2/c1-20-5-2-3-7-28(20)44(39,40)35-30(38)22-6-4-14-36(19-22)29(37)13-9-21-8-12-27(24(17-21)31(32,33)34)43-23-10-11-25-26(18-23)42-16-15-41-25/h2-3,5,7-13,17-18,22H,4,6,14-16,19H2,1H3,(H,35,38)/b13-9+. The van der Waals surface area contributed by atoms with Gasteiger partial charge in [0.1, 0.15) is 13.2 Å². The summed E-state index contributed by atoms with van der Waals surface area (Å²) < 4.78 is 80.7. The van der Waals surface area contributed by atoms with Crippen LogP contribution in [-0.2, 0) is 25.8 Å². The predicted octanol–water partition coefficient (Wildman–Crippen LogP) is 5.69. The van der Waals surface area contributed by atoms with Gasteiger partial charge in [-0.1, -0.05) is 36.0 Å². The third-order valence-electron chi connectivity index (χ3n) is 7.19. The number of halogens is 3. The van der Waals surface area contributed by atoms with Gasteiger partial charge in [-0.15, -0.1) is 0 Å². The fraction of sp³-hybridized carbons (Fsp3) is 0.290. The highest BCUT2D eigenvalue weighted by Crippen LogP contribution is 2.42. The normalized spacial score (nSPS) is 17.0. The Morgan fingerprint density at radius 1 is 1.02 bits per heavy atom. The topological polar surface area (TPSA) is 102 Å². The summed E-state index contributed by atoms with van der Waals surface area (Å²) in [6, 6.07) is 15.0. The molecule has 2 aliphatic heterocycles. The Labute approximate surface area is 257 Å². The van der Waals surface area contributed by atoms with Crippen molar-refractivity contribution < 1.29 is 40.7 Å². The summed E-state index contributed by atoms with van der Waals surface area (Å²) in [5, 5.41) is 0. The number of sulfonamides is 1. The molecule has 1 N–H and O–H groups in total. The Balaban J connectivity index is 1.25. The molecule has 44 heavy (non-hydrogen) atoms. The minimum Gasteiger partial charge on any atom is -0.486 e. The van der Waals surface area contributed by atoms with Crippen LogP contribution in [0.4, 0.5) is 13.2 Å². The molecule has 1 atom stereocenters. The van der Waals surface area contributed by atoms with Crippen molar-refractivity contribution in [3.8, 4) is 11.5 Å². The molecule has 0 bridgehead atoms. The van der Waals surface area contributed by atoms with Gasteiger partial charge in [-0.3, -0.25) is 9.59 Å². The second-order valence-corrected chi connectivity index (χ2v) is 13.1. The average Bonchev–Trinajstić information content (AvgIpc) is 2.99. The summed E-state index contributed by atoms with van der Waals surface area (Å²) in [6.07, 6.45) is -1.34. The predicted molar refractivity (Wildman–Crippen MR) is 158 cm³/mol. The first-order valence-electron chi connectivity index (χ1n) is 13.8. The number of hydrogen-bond acceptors (Lipinski definition) is 7. The van der Waals surface area contributed by atoms with Crippen LogP contribution in [-0.4, -0.2) is 51.4 Å². The van der Waals surface area contributed by atoms with E-state index in [1.54, 1.807) is 43.3 Å². The number of aryl methyl sites for hydroxylation is 1. The maximum atomic E-state index is 14.0. The van der Waals surface area contributed by atoms with E-state index in [0.29, 0.717) is 54.6 Å². The molecule has 1 fully saturated rings. The van der Waals surface area contributed by atoms with Crippen molar-refractivity contribution in [2.45, 2.75) is 40.6 Å². The second-order valence-electron chi connectivity index (χ2n) is 10.4. The van der Waals surface area contributed by atoms with Gasteiger partial charge in [-0.25, -0.2) is 13.1 Å². The fourth-order valence-corrected chi connectivity index (χ4v) is 7.24. The monoisotopic (exact) mass is 646 g/mol. The number of rotatable bonds is 7. The minimum absolute atomic E-state index is 0.00558. The molecule has 3 aromatic carbocycles. The lowest BCUT2D eigenvalue weighted by atomic mass is 9.97. The summed E-state index contributed by atoms with van der Waals surface area (Å²) >= 11 is 0.940. The summed E-state index contributed by atoms with van der Waals surface area (Å²) in [5.41, 5.74) is -0.189. The first-order valence-corrected chi connectivity index (χ1v) is 16.1. The molecule has 8 nitrogen and oxygen atoms in total. The SMILES string of the molecule is Cc1ccccc1S(=O)(=O)NC(=O)C1CCCN(C(=O)/C=C/c2ccc(Sc3ccc4c(c3)OCCO4)c(C(F)(F)F)c2)C1. The van der Waals surface area contributed by atoms with E-state index in [1.807, 2.05) is 0 Å². The van der Waals surface area contributed by atoms with Gasteiger partial charge >= 0.3 is 6.18 Å². The highest BCUT2D eigenvalue weighted by molar-refractivity contribution is 7.99. The molecule has 0 radical (unpaired) electrons. The smallest absolute Gasteiger partial charge is 0.417 e. The number of carbonyl (C=O) groups excluding carboxylic acids is 2. The number of fused-ring (bicyclic) bond motifs is 1. The molecule has 2 amide bonds. The summed E-state index contributed by atoms with van der Waals surface area (Å²) in [6.45, 7) is 2.70. The first-order chi connectivity index (χ1) is 20.9. The van der Waals surface area contributed by atoms with Gasteiger partial charge in [-0.05, 0) is 73.4 Å². The molecular weight excluding hydrogens is 617 g/mol. The number of benzene rings is 3. The van der Waals surface area contributed by atoms with Crippen molar-refractivity contribution in [3.63, 3.8) is 0 Å². The quantitative estimate of drug-likeness (QED) is 0.329. The number of piperidine rings is 1. The van der Waals surface area contributed by atoms with Crippen LogP contribution < -0.4 is 14.2 Å². The van der Waals surface area contributed by atoms with E-state index in [9.17, 15) is 31.2 Å². The summed E-state index contributed by atoms with van der Waals surface area (Å²) in [5.74, 6) is -0.954. The minimum atomic E-state index is -4.64. The molecule has 13 heteroatoms. The number of hydrogen-bond donors (Lipinski definition) is 1. The first kappa shape index (κ1) is 31.5. The van der Waals surface area contributed by atoms with E-state index in [-0.39, 0.29) is 21.9 Å². The summed E-state index contributed by atoms with van der Waals surface area (Å²) in [7, 11) is -4.09. The van der Waals surface area contributed by atoms with E-state index < -0.39 is 39.5 Å². The van der Waals surface area contributed by atoms with Crippen LogP contribution >= 0.6 is 11.8 Å². The van der Waals surface area contributed by atoms with Gasteiger partial charge < -0.3 is 14.4 Å². The highest BCUT2D eigenvalue weighted by Gasteiger charge is 2.34. The average molecular weight is 647 g/mol. The van der Waals surface area contributed by atoms with Gasteiger partial charge in [0.25, 0.3) is 10.0 Å². The zero-order valence-electron chi connectivity index (χ0n) is 23.6. The van der Waals surface area contributed by atoms with Gasteiger partial charge in [0.2, 0.25) is 11.8 Å². The van der Waals surface area contributed by atoms with Crippen molar-refractivity contribution in [2.75, 3.05) is 26.3 Å². The Hall–Kier alpha value is -3.97. The Morgan fingerprint density at radius 2 is 1.77 bits per heavy atom. The van der Waals surface area contributed by atoms with Crippen molar-refractivity contribution >= 4 is 39.7 Å². The lowest BCUT2D eigenvalue weighted by Crippen LogP contribution is -2.46. The van der Waals surface area contributed by atoms with Crippen molar-refractivity contribution in [2.24, 2.45) is 5.92 Å². The molecule has 2 aliphatic rings. The third kappa shape index (κ3) is 7.39. The fourth-order valence-electron chi connectivity index (χ4n) is 4.97. The highest BCUT2D eigenvalue weighted by atomic mass is 32.2. The third-order valence-corrected chi connectivity index (χ3v) is 9.76. The zero-order chi connectivity index (χ0) is 31.5. The summed E-state index contributed by atoms with van der Waals surface area (Å²) in [4.78, 5) is 27.7. The van der Waals surface area contributed by atoms with Gasteiger partial charge in [0.05, 0.1) is 16.4 Å². The molecule has 5 rings (SSSR count). The van der Waals surface area contributed by atoms with Crippen molar-refractivity contribution in [3.05, 3.63) is 83.4 Å². The van der Waals surface area contributed by atoms with Crippen molar-refractivity contribution in [1.82, 2.24) is 9.62 Å². The largest absolute Gasteiger partial charge is 0.486 e. The second kappa shape index (κ2) is 12.9. The van der Waals surface area contributed by atoms with Crippen LogP contribution in [0.25, 0.3) is 6.08 Å². The number of nitrogens with zero attached hydrogens (tertiary/aromatic N) is 1. The maximum absolute atomic E-state index is 14.0. The van der Waals surface area contributed by atoms with Gasteiger partial charge in [0, 0.05) is 29.0 Å². The van der Waals surface area contributed by atoms with Crippen LogP contribution in [0.2, 0.25) is 0 Å². The zero-order valence-corrected chi connectivity index (χ0v) is 25.2. The lowest BCUT2D eigenvalue weighted by molar-refractivity contribution is -0.139. The lowest BCUT2D eigenvalue weighted by Gasteiger charge is -2.31. The molecule has 0 saturated carbocycles. The van der Waals surface area contributed by atoms with Crippen molar-refractivity contribution in [1.29, 1.82) is 0 Å². The molecule has 2 heterocycles. The molecular formula is C31H29F3N2O6S2. The van der Waals surface area contributed by atoms with Crippen LogP contribution in [0.5, 0.6) is 11.5 Å². The molecule has 0 aromatic heterocycles. The van der Waals surface area contributed by atoms with E-state index >= 15 is 0 Å². The van der Waals surface area contributed by atoms with Gasteiger partial charge in [0.15, 0.2) is 11.5 Å². The van der Waals surface area contributed by atoms with Crippen LogP contribution in [0.3, 0.4) is 0 Å². The maximum Gasteiger partial charge on any atom is 0.417 e. The number of ether oxygens (including phenoxy) is 2. The van der Waals surface area contributed by atoms with Gasteiger partial charge in [-0.2, -0.15) is 13.2 Å². The molecule has 0 aliphatic carbocycles. The van der Waals surface area contributed by atoms with E-state index in [0.717, 1.165) is 23.9 Å². The molecule has 1 saturated heterocycles. The Kier molecular flexibility index (Phi) is 9.26. The van der Waals surface area contributed by atoms with E-state index in [4.69, 9.17) is 9.47 Å². The van der Waals surface area contributed by atoms with E-state index in [2.05, 4.69) is 4.72 Å². The number of nitrogens with one attached hydrogen (secondary N) is 1. The molecule has 3 aromatic rings. The molecule has 1 unspecified atom stereocenters. The van der Waals surface area contributed by atoms with Crippen LogP contribution in [0, 0.1) is 12.8 Å².